The maximum Gasteiger partial charge on any atom is 0.296 e. The molecular weight excluding hydrogens is 242 g/mol. The molecule has 1 aromatic carbocycles. The summed E-state index contributed by atoms with van der Waals surface area (Å²) in [7, 11) is -3.69. The lowest BCUT2D eigenvalue weighted by Gasteiger charge is -2.04. The van der Waals surface area contributed by atoms with Crippen LogP contribution in [0.4, 0.5) is 0 Å². The van der Waals surface area contributed by atoms with Gasteiger partial charge in [0.2, 0.25) is 0 Å². The smallest absolute Gasteiger partial charge is 0.296 e. The van der Waals surface area contributed by atoms with Crippen molar-refractivity contribution in [2.75, 3.05) is 6.61 Å². The zero-order chi connectivity index (χ0) is 12.3. The highest BCUT2D eigenvalue weighted by atomic mass is 32.2. The molecule has 0 aliphatic carbocycles. The molecule has 17 heavy (non-hydrogen) atoms. The molecular formula is C11H11NO4S. The second-order valence-corrected chi connectivity index (χ2v) is 4.88. The first-order valence-corrected chi connectivity index (χ1v) is 6.45. The third-order valence-corrected chi connectivity index (χ3v) is 3.50. The van der Waals surface area contributed by atoms with Gasteiger partial charge >= 0.3 is 0 Å². The molecule has 2 aromatic rings. The monoisotopic (exact) mass is 253 g/mol. The van der Waals surface area contributed by atoms with Crippen LogP contribution in [0.1, 0.15) is 6.92 Å². The number of hydrogen-bond donors (Lipinski definition) is 0. The largest absolute Gasteiger partial charge is 0.356 e. The topological polar surface area (TPSA) is 69.4 Å². The molecule has 6 heteroatoms. The Morgan fingerprint density at radius 2 is 2.18 bits per heavy atom. The fraction of sp³-hybridized carbons (Fsp3) is 0.182. The third kappa shape index (κ3) is 2.54. The van der Waals surface area contributed by atoms with Gasteiger partial charge in [-0.2, -0.15) is 8.42 Å². The lowest BCUT2D eigenvalue weighted by atomic mass is 10.2. The zero-order valence-electron chi connectivity index (χ0n) is 9.16. The number of nitrogens with zero attached hydrogens (tertiary/aromatic N) is 1. The first-order chi connectivity index (χ1) is 8.13. The highest BCUT2D eigenvalue weighted by Gasteiger charge is 2.15. The Kier molecular flexibility index (Phi) is 3.26. The summed E-state index contributed by atoms with van der Waals surface area (Å²) in [4.78, 5) is 0.105. The van der Waals surface area contributed by atoms with E-state index in [-0.39, 0.29) is 11.5 Å². The molecule has 0 fully saturated rings. The Bertz CT molecular complexity index is 590. The van der Waals surface area contributed by atoms with E-state index in [1.807, 2.05) is 0 Å². The van der Waals surface area contributed by atoms with E-state index >= 15 is 0 Å². The van der Waals surface area contributed by atoms with E-state index in [9.17, 15) is 8.42 Å². The van der Waals surface area contributed by atoms with Crippen LogP contribution in [-0.2, 0) is 14.3 Å². The van der Waals surface area contributed by atoms with Gasteiger partial charge in [-0.3, -0.25) is 4.18 Å². The van der Waals surface area contributed by atoms with Crippen LogP contribution in [0.3, 0.4) is 0 Å². The lowest BCUT2D eigenvalue weighted by Crippen LogP contribution is -2.05. The van der Waals surface area contributed by atoms with E-state index in [0.29, 0.717) is 11.3 Å². The molecule has 0 saturated heterocycles. The average Bonchev–Trinajstić information content (AvgIpc) is 2.82. The van der Waals surface area contributed by atoms with Crippen LogP contribution < -0.4 is 0 Å². The average molecular weight is 253 g/mol. The summed E-state index contributed by atoms with van der Waals surface area (Å²) in [5.41, 5.74) is 0.642. The molecule has 0 N–H and O–H groups in total. The van der Waals surface area contributed by atoms with Gasteiger partial charge in [0.25, 0.3) is 10.1 Å². The van der Waals surface area contributed by atoms with Crippen molar-refractivity contribution in [3.63, 3.8) is 0 Å². The molecule has 1 aromatic heterocycles. The molecule has 0 spiro atoms. The first kappa shape index (κ1) is 11.8. The predicted octanol–water partition coefficient (Wildman–Crippen LogP) is 2.07. The second-order valence-electron chi connectivity index (χ2n) is 3.27. The molecule has 0 unspecified atom stereocenters. The van der Waals surface area contributed by atoms with E-state index in [0.717, 1.165) is 0 Å². The van der Waals surface area contributed by atoms with E-state index in [1.165, 1.54) is 18.3 Å². The molecule has 0 atom stereocenters. The van der Waals surface area contributed by atoms with Crippen LogP contribution >= 0.6 is 0 Å². The van der Waals surface area contributed by atoms with Gasteiger partial charge in [0, 0.05) is 11.6 Å². The standard InChI is InChI=1S/C11H11NO4S/c1-2-15-17(13,14)10-5-3-4-9(8-10)11-6-7-12-16-11/h3-8H,2H2,1H3. The molecule has 5 nitrogen and oxygen atoms in total. The number of rotatable bonds is 4. The second kappa shape index (κ2) is 4.68. The van der Waals surface area contributed by atoms with Crippen molar-refractivity contribution in [3.05, 3.63) is 36.5 Å². The number of aromatic nitrogens is 1. The molecule has 2 rings (SSSR count). The van der Waals surface area contributed by atoms with Gasteiger partial charge < -0.3 is 4.52 Å². The fourth-order valence-electron chi connectivity index (χ4n) is 1.39. The van der Waals surface area contributed by atoms with Crippen molar-refractivity contribution in [3.8, 4) is 11.3 Å². The molecule has 0 aliphatic rings. The number of hydrogen-bond acceptors (Lipinski definition) is 5. The van der Waals surface area contributed by atoms with E-state index in [1.54, 1.807) is 25.1 Å². The summed E-state index contributed by atoms with van der Waals surface area (Å²) in [5.74, 6) is 0.513. The third-order valence-electron chi connectivity index (χ3n) is 2.12. The van der Waals surface area contributed by atoms with E-state index in [4.69, 9.17) is 8.71 Å². The SMILES string of the molecule is CCOS(=O)(=O)c1cccc(-c2ccno2)c1. The van der Waals surface area contributed by atoms with Crippen LogP contribution in [0.5, 0.6) is 0 Å². The Labute approximate surface area is 99.1 Å². The maximum absolute atomic E-state index is 11.7. The van der Waals surface area contributed by atoms with Crippen LogP contribution in [0.2, 0.25) is 0 Å². The van der Waals surface area contributed by atoms with Crippen molar-refractivity contribution in [2.24, 2.45) is 0 Å². The van der Waals surface area contributed by atoms with Crippen LogP contribution in [0.15, 0.2) is 45.9 Å². The molecule has 1 heterocycles. The summed E-state index contributed by atoms with van der Waals surface area (Å²) in [6.45, 7) is 1.73. The van der Waals surface area contributed by atoms with Crippen molar-refractivity contribution in [1.29, 1.82) is 0 Å². The molecule has 90 valence electrons. The van der Waals surface area contributed by atoms with Crippen molar-refractivity contribution in [2.45, 2.75) is 11.8 Å². The van der Waals surface area contributed by atoms with Gasteiger partial charge in [-0.25, -0.2) is 0 Å². The normalized spacial score (nSPS) is 11.6. The summed E-state index contributed by atoms with van der Waals surface area (Å²) < 4.78 is 33.0. The summed E-state index contributed by atoms with van der Waals surface area (Å²) >= 11 is 0. The minimum absolute atomic E-state index is 0.105. The highest BCUT2D eigenvalue weighted by Crippen LogP contribution is 2.22. The molecule has 0 radical (unpaired) electrons. The Balaban J connectivity index is 2.42. The molecule has 0 bridgehead atoms. The molecule has 0 amide bonds. The zero-order valence-corrected chi connectivity index (χ0v) is 9.98. The van der Waals surface area contributed by atoms with Gasteiger partial charge in [0.1, 0.15) is 0 Å². The quantitative estimate of drug-likeness (QED) is 0.780. The van der Waals surface area contributed by atoms with E-state index < -0.39 is 10.1 Å². The van der Waals surface area contributed by atoms with Crippen molar-refractivity contribution < 1.29 is 17.1 Å². The van der Waals surface area contributed by atoms with Crippen LogP contribution in [0, 0.1) is 0 Å². The summed E-state index contributed by atoms with van der Waals surface area (Å²) in [6.07, 6.45) is 1.50. The molecule has 0 aliphatic heterocycles. The Morgan fingerprint density at radius 1 is 1.35 bits per heavy atom. The van der Waals surface area contributed by atoms with Crippen molar-refractivity contribution in [1.82, 2.24) is 5.16 Å². The van der Waals surface area contributed by atoms with E-state index in [2.05, 4.69) is 5.16 Å². The van der Waals surface area contributed by atoms with Gasteiger partial charge in [0.15, 0.2) is 5.76 Å². The Hall–Kier alpha value is -1.66. The highest BCUT2D eigenvalue weighted by molar-refractivity contribution is 7.86. The number of benzene rings is 1. The summed E-state index contributed by atoms with van der Waals surface area (Å²) in [6, 6.07) is 8.00. The minimum atomic E-state index is -3.69. The Morgan fingerprint density at radius 3 is 2.82 bits per heavy atom. The predicted molar refractivity (Wildman–Crippen MR) is 60.8 cm³/mol. The van der Waals surface area contributed by atoms with Crippen LogP contribution in [-0.4, -0.2) is 20.2 Å². The minimum Gasteiger partial charge on any atom is -0.356 e. The van der Waals surface area contributed by atoms with Crippen molar-refractivity contribution >= 4 is 10.1 Å². The molecule has 0 saturated carbocycles. The van der Waals surface area contributed by atoms with Crippen LogP contribution in [0.25, 0.3) is 11.3 Å². The fourth-order valence-corrected chi connectivity index (χ4v) is 2.36. The van der Waals surface area contributed by atoms with Gasteiger partial charge in [-0.1, -0.05) is 17.3 Å². The van der Waals surface area contributed by atoms with Gasteiger partial charge in [-0.05, 0) is 19.1 Å². The first-order valence-electron chi connectivity index (χ1n) is 5.04. The lowest BCUT2D eigenvalue weighted by molar-refractivity contribution is 0.338. The summed E-state index contributed by atoms with van der Waals surface area (Å²) in [5, 5.41) is 3.57. The van der Waals surface area contributed by atoms with Gasteiger partial charge in [-0.15, -0.1) is 0 Å². The van der Waals surface area contributed by atoms with Gasteiger partial charge in [0.05, 0.1) is 17.7 Å². The maximum atomic E-state index is 11.7.